The molecule has 1 aliphatic heterocycles. The Morgan fingerprint density at radius 1 is 1.19 bits per heavy atom. The monoisotopic (exact) mass is 568 g/mol. The van der Waals surface area contributed by atoms with E-state index in [-0.39, 0.29) is 24.0 Å². The largest absolute Gasteiger partial charge is 0.379 e. The Labute approximate surface area is 211 Å². The minimum atomic E-state index is 0. The van der Waals surface area contributed by atoms with Gasteiger partial charge in [0.2, 0.25) is 0 Å². The summed E-state index contributed by atoms with van der Waals surface area (Å²) in [5.74, 6) is 1.90. The number of nitrogens with zero attached hydrogens (tertiary/aromatic N) is 4. The standard InChI is InChI=1S/C23H32N6OS.HI/c1-3-24-23(25-10-11-29-18(2)27-19-7-4-5-8-20(19)29)26-17-21(22-9-6-16-31-22)28-12-14-30-15-13-28;/h4-9,16,21H,3,10-15,17H2,1-2H3,(H2,24,25,26);1H. The second-order valence-electron chi connectivity index (χ2n) is 7.63. The molecule has 174 valence electrons. The molecule has 0 aliphatic carbocycles. The first-order valence-electron chi connectivity index (χ1n) is 11.1. The molecule has 3 heterocycles. The van der Waals surface area contributed by atoms with Gasteiger partial charge in [-0.1, -0.05) is 18.2 Å². The second kappa shape index (κ2) is 12.5. The van der Waals surface area contributed by atoms with E-state index in [0.717, 1.165) is 69.8 Å². The normalized spacial score (nSPS) is 16.0. The van der Waals surface area contributed by atoms with E-state index in [1.165, 1.54) is 10.4 Å². The number of halogens is 1. The molecule has 1 saturated heterocycles. The number of aromatic nitrogens is 2. The van der Waals surface area contributed by atoms with Gasteiger partial charge in [0.25, 0.3) is 0 Å². The quantitative estimate of drug-likeness (QED) is 0.247. The van der Waals surface area contributed by atoms with Crippen LogP contribution in [0.15, 0.2) is 46.8 Å². The minimum absolute atomic E-state index is 0. The number of rotatable bonds is 8. The molecule has 0 radical (unpaired) electrons. The van der Waals surface area contributed by atoms with E-state index >= 15 is 0 Å². The maximum atomic E-state index is 5.55. The number of guanidine groups is 1. The van der Waals surface area contributed by atoms with E-state index in [1.54, 1.807) is 11.3 Å². The highest BCUT2D eigenvalue weighted by molar-refractivity contribution is 14.0. The van der Waals surface area contributed by atoms with E-state index < -0.39 is 0 Å². The number of nitrogens with one attached hydrogen (secondary N) is 2. The van der Waals surface area contributed by atoms with E-state index in [9.17, 15) is 0 Å². The molecule has 1 unspecified atom stereocenters. The van der Waals surface area contributed by atoms with Crippen LogP contribution in [0.4, 0.5) is 0 Å². The minimum Gasteiger partial charge on any atom is -0.379 e. The fourth-order valence-electron chi connectivity index (χ4n) is 4.04. The zero-order valence-corrected chi connectivity index (χ0v) is 21.9. The Kier molecular flexibility index (Phi) is 9.76. The van der Waals surface area contributed by atoms with Gasteiger partial charge in [-0.25, -0.2) is 4.98 Å². The van der Waals surface area contributed by atoms with Crippen molar-refractivity contribution in [1.29, 1.82) is 0 Å². The number of benzene rings is 1. The summed E-state index contributed by atoms with van der Waals surface area (Å²) in [5.41, 5.74) is 2.22. The molecule has 1 aliphatic rings. The lowest BCUT2D eigenvalue weighted by atomic mass is 10.2. The summed E-state index contributed by atoms with van der Waals surface area (Å²) in [6, 6.07) is 12.9. The van der Waals surface area contributed by atoms with E-state index in [2.05, 4.69) is 74.6 Å². The molecule has 2 N–H and O–H groups in total. The molecule has 3 aromatic rings. The number of ether oxygens (including phenoxy) is 1. The predicted octanol–water partition coefficient (Wildman–Crippen LogP) is 3.65. The molecular formula is C23H33IN6OS. The van der Waals surface area contributed by atoms with Crippen LogP contribution >= 0.6 is 35.3 Å². The average molecular weight is 569 g/mol. The van der Waals surface area contributed by atoms with Crippen molar-refractivity contribution in [3.63, 3.8) is 0 Å². The number of morpholine rings is 1. The van der Waals surface area contributed by atoms with Gasteiger partial charge in [0.15, 0.2) is 5.96 Å². The van der Waals surface area contributed by atoms with E-state index in [0.29, 0.717) is 6.04 Å². The van der Waals surface area contributed by atoms with Crippen molar-refractivity contribution in [3.8, 4) is 0 Å². The SMILES string of the molecule is CCNC(=NCC(c1cccs1)N1CCOCC1)NCCn1c(C)nc2ccccc21.I. The maximum Gasteiger partial charge on any atom is 0.191 e. The Bertz CT molecular complexity index is 984. The summed E-state index contributed by atoms with van der Waals surface area (Å²) in [6.07, 6.45) is 0. The first kappa shape index (κ1) is 24.9. The third kappa shape index (κ3) is 6.21. The van der Waals surface area contributed by atoms with Gasteiger partial charge >= 0.3 is 0 Å². The number of thiophene rings is 1. The van der Waals surface area contributed by atoms with E-state index in [4.69, 9.17) is 9.73 Å². The summed E-state index contributed by atoms with van der Waals surface area (Å²) < 4.78 is 7.81. The molecule has 0 bridgehead atoms. The lowest BCUT2D eigenvalue weighted by Gasteiger charge is -2.33. The molecule has 0 amide bonds. The highest BCUT2D eigenvalue weighted by Gasteiger charge is 2.23. The van der Waals surface area contributed by atoms with Crippen LogP contribution in [0.2, 0.25) is 0 Å². The third-order valence-corrected chi connectivity index (χ3v) is 6.57. The average Bonchev–Trinajstić information content (AvgIpc) is 3.43. The van der Waals surface area contributed by atoms with Gasteiger partial charge in [-0.2, -0.15) is 0 Å². The van der Waals surface area contributed by atoms with Gasteiger partial charge < -0.3 is 19.9 Å². The molecule has 1 atom stereocenters. The van der Waals surface area contributed by atoms with Crippen molar-refractivity contribution in [3.05, 3.63) is 52.5 Å². The lowest BCUT2D eigenvalue weighted by molar-refractivity contribution is 0.0186. The van der Waals surface area contributed by atoms with Crippen LogP contribution in [0.5, 0.6) is 0 Å². The van der Waals surface area contributed by atoms with Crippen molar-refractivity contribution in [1.82, 2.24) is 25.1 Å². The fraction of sp³-hybridized carbons (Fsp3) is 0.478. The molecule has 32 heavy (non-hydrogen) atoms. The van der Waals surface area contributed by atoms with Gasteiger partial charge in [-0.3, -0.25) is 9.89 Å². The number of hydrogen-bond donors (Lipinski definition) is 2. The van der Waals surface area contributed by atoms with Crippen LogP contribution < -0.4 is 10.6 Å². The number of para-hydroxylation sites is 2. The van der Waals surface area contributed by atoms with Gasteiger partial charge in [0, 0.05) is 37.6 Å². The van der Waals surface area contributed by atoms with Crippen LogP contribution in [-0.4, -0.2) is 66.3 Å². The molecule has 7 nitrogen and oxygen atoms in total. The second-order valence-corrected chi connectivity index (χ2v) is 8.60. The highest BCUT2D eigenvalue weighted by Crippen LogP contribution is 2.26. The first-order chi connectivity index (χ1) is 15.3. The van der Waals surface area contributed by atoms with Crippen LogP contribution in [0.3, 0.4) is 0 Å². The molecule has 1 fully saturated rings. The zero-order chi connectivity index (χ0) is 21.5. The molecule has 9 heteroatoms. The van der Waals surface area contributed by atoms with Crippen molar-refractivity contribution in [2.75, 3.05) is 45.9 Å². The number of aryl methyl sites for hydroxylation is 1. The number of fused-ring (bicyclic) bond motifs is 1. The van der Waals surface area contributed by atoms with Gasteiger partial charge in [-0.15, -0.1) is 35.3 Å². The smallest absolute Gasteiger partial charge is 0.191 e. The number of aliphatic imine (C=N–C) groups is 1. The lowest BCUT2D eigenvalue weighted by Crippen LogP contribution is -2.42. The van der Waals surface area contributed by atoms with Crippen molar-refractivity contribution < 1.29 is 4.74 Å². The number of hydrogen-bond acceptors (Lipinski definition) is 5. The molecule has 4 rings (SSSR count). The van der Waals surface area contributed by atoms with Crippen molar-refractivity contribution in [2.45, 2.75) is 26.4 Å². The molecule has 2 aromatic heterocycles. The molecular weight excluding hydrogens is 535 g/mol. The van der Waals surface area contributed by atoms with E-state index in [1.807, 2.05) is 6.07 Å². The zero-order valence-electron chi connectivity index (χ0n) is 18.8. The summed E-state index contributed by atoms with van der Waals surface area (Å²) in [7, 11) is 0. The predicted molar refractivity (Wildman–Crippen MR) is 143 cm³/mol. The summed E-state index contributed by atoms with van der Waals surface area (Å²) in [4.78, 5) is 13.5. The van der Waals surface area contributed by atoms with Gasteiger partial charge in [0.05, 0.1) is 36.8 Å². The highest BCUT2D eigenvalue weighted by atomic mass is 127. The first-order valence-corrected chi connectivity index (χ1v) is 11.9. The van der Waals surface area contributed by atoms with Crippen molar-refractivity contribution in [2.24, 2.45) is 4.99 Å². The third-order valence-electron chi connectivity index (χ3n) is 5.60. The summed E-state index contributed by atoms with van der Waals surface area (Å²) in [5, 5.41) is 9.04. The maximum absolute atomic E-state index is 5.55. The fourth-order valence-corrected chi connectivity index (χ4v) is 4.89. The molecule has 0 spiro atoms. The molecule has 1 aromatic carbocycles. The Morgan fingerprint density at radius 2 is 2.00 bits per heavy atom. The van der Waals surface area contributed by atoms with Gasteiger partial charge in [-0.05, 0) is 37.4 Å². The van der Waals surface area contributed by atoms with Gasteiger partial charge in [0.1, 0.15) is 5.82 Å². The van der Waals surface area contributed by atoms with Crippen LogP contribution in [0.25, 0.3) is 11.0 Å². The molecule has 0 saturated carbocycles. The van der Waals surface area contributed by atoms with Crippen LogP contribution in [0, 0.1) is 6.92 Å². The number of imidazole rings is 1. The Balaban J connectivity index is 0.00000289. The van der Waals surface area contributed by atoms with Crippen LogP contribution in [0.1, 0.15) is 23.7 Å². The Hall–Kier alpha value is -1.69. The Morgan fingerprint density at radius 3 is 2.75 bits per heavy atom. The topological polar surface area (TPSA) is 66.7 Å². The van der Waals surface area contributed by atoms with Crippen LogP contribution in [-0.2, 0) is 11.3 Å². The summed E-state index contributed by atoms with van der Waals surface area (Å²) >= 11 is 1.81. The van der Waals surface area contributed by atoms with Crippen molar-refractivity contribution >= 4 is 52.3 Å². The summed E-state index contributed by atoms with van der Waals surface area (Å²) in [6.45, 7) is 10.8.